The Morgan fingerprint density at radius 1 is 1.05 bits per heavy atom. The molecule has 19 heavy (non-hydrogen) atoms. The summed E-state index contributed by atoms with van der Waals surface area (Å²) < 4.78 is 0. The predicted molar refractivity (Wildman–Crippen MR) is 83.7 cm³/mol. The van der Waals surface area contributed by atoms with Gasteiger partial charge in [-0.1, -0.05) is 0 Å². The number of nitrogens with zero attached hydrogens (tertiary/aromatic N) is 2. The molecule has 0 aromatic heterocycles. The van der Waals surface area contributed by atoms with E-state index in [2.05, 4.69) is 0 Å². The van der Waals surface area contributed by atoms with Crippen molar-refractivity contribution < 1.29 is 9.59 Å². The van der Waals surface area contributed by atoms with E-state index in [0.717, 1.165) is 0 Å². The number of piperazine rings is 1. The van der Waals surface area contributed by atoms with Crippen LogP contribution in [0.3, 0.4) is 0 Å². The molecule has 6 heteroatoms. The molecule has 0 N–H and O–H groups in total. The Bertz CT molecular complexity index is 339. The second kappa shape index (κ2) is 7.43. The van der Waals surface area contributed by atoms with Crippen molar-refractivity contribution in [2.24, 2.45) is 0 Å². The molecule has 1 saturated heterocycles. The molecule has 4 nitrogen and oxygen atoms in total. The van der Waals surface area contributed by atoms with Crippen LogP contribution in [0.25, 0.3) is 0 Å². The summed E-state index contributed by atoms with van der Waals surface area (Å²) in [5, 5.41) is -0.00519. The lowest BCUT2D eigenvalue weighted by Crippen LogP contribution is -2.57. The number of rotatable bonds is 4. The highest BCUT2D eigenvalue weighted by atomic mass is 32.2. The first kappa shape index (κ1) is 16.7. The first-order chi connectivity index (χ1) is 8.92. The van der Waals surface area contributed by atoms with Gasteiger partial charge < -0.3 is 9.80 Å². The third-order valence-electron chi connectivity index (χ3n) is 3.62. The van der Waals surface area contributed by atoms with Crippen LogP contribution >= 0.6 is 23.5 Å². The standard InChI is InChI=1S/C13H24N2O2S2/c1-9-8-14(12(16)10(2)18-4)6-7-15(9)13(17)11(3)19-5/h9-11H,6-8H2,1-5H3/t9-,10-,11-/m1/s1. The molecule has 2 amide bonds. The average molecular weight is 304 g/mol. The van der Waals surface area contributed by atoms with E-state index in [0.29, 0.717) is 19.6 Å². The average Bonchev–Trinajstić information content (AvgIpc) is 2.43. The Hall–Kier alpha value is -0.360. The lowest BCUT2D eigenvalue weighted by Gasteiger charge is -2.41. The Morgan fingerprint density at radius 3 is 2.05 bits per heavy atom. The minimum absolute atomic E-state index is 0.000396. The van der Waals surface area contributed by atoms with Gasteiger partial charge >= 0.3 is 0 Å². The molecule has 0 saturated carbocycles. The summed E-state index contributed by atoms with van der Waals surface area (Å²) in [6, 6.07) is 0.105. The Morgan fingerprint density at radius 2 is 1.58 bits per heavy atom. The molecule has 0 aliphatic carbocycles. The monoisotopic (exact) mass is 304 g/mol. The molecule has 0 radical (unpaired) electrons. The van der Waals surface area contributed by atoms with Gasteiger partial charge in [0, 0.05) is 25.7 Å². The van der Waals surface area contributed by atoms with E-state index in [1.165, 1.54) is 0 Å². The summed E-state index contributed by atoms with van der Waals surface area (Å²) in [4.78, 5) is 28.1. The maximum absolute atomic E-state index is 12.2. The van der Waals surface area contributed by atoms with E-state index >= 15 is 0 Å². The van der Waals surface area contributed by atoms with Crippen LogP contribution in [0.2, 0.25) is 0 Å². The number of amides is 2. The van der Waals surface area contributed by atoms with Crippen molar-refractivity contribution in [3.05, 3.63) is 0 Å². The van der Waals surface area contributed by atoms with Crippen molar-refractivity contribution in [1.82, 2.24) is 9.80 Å². The molecule has 1 aliphatic heterocycles. The lowest BCUT2D eigenvalue weighted by molar-refractivity contribution is -0.141. The van der Waals surface area contributed by atoms with Gasteiger partial charge in [-0.15, -0.1) is 0 Å². The van der Waals surface area contributed by atoms with Crippen LogP contribution in [0.1, 0.15) is 20.8 Å². The van der Waals surface area contributed by atoms with Crippen LogP contribution < -0.4 is 0 Å². The minimum Gasteiger partial charge on any atom is -0.338 e. The topological polar surface area (TPSA) is 40.6 Å². The fourth-order valence-corrected chi connectivity index (χ4v) is 2.87. The molecule has 1 aliphatic rings. The molecule has 0 spiro atoms. The number of thioether (sulfide) groups is 2. The van der Waals surface area contributed by atoms with Gasteiger partial charge in [0.15, 0.2) is 0 Å². The van der Waals surface area contributed by atoms with Gasteiger partial charge in [0.25, 0.3) is 0 Å². The Labute approximate surface area is 124 Å². The van der Waals surface area contributed by atoms with Gasteiger partial charge in [-0.25, -0.2) is 0 Å². The van der Waals surface area contributed by atoms with Crippen molar-refractivity contribution in [3.8, 4) is 0 Å². The number of hydrogen-bond acceptors (Lipinski definition) is 4. The van der Waals surface area contributed by atoms with Crippen LogP contribution in [0.15, 0.2) is 0 Å². The Kier molecular flexibility index (Phi) is 6.53. The molecular formula is C13H24N2O2S2. The van der Waals surface area contributed by atoms with Crippen molar-refractivity contribution >= 4 is 35.3 Å². The zero-order chi connectivity index (χ0) is 14.6. The second-order valence-electron chi connectivity index (χ2n) is 4.92. The SMILES string of the molecule is CS[C@H](C)C(=O)N1CCN(C(=O)[C@@H](C)SC)[C@H](C)C1. The van der Waals surface area contributed by atoms with Crippen LogP contribution in [0.4, 0.5) is 0 Å². The molecule has 0 unspecified atom stereocenters. The summed E-state index contributed by atoms with van der Waals surface area (Å²) in [5.74, 6) is 0.370. The molecule has 1 fully saturated rings. The van der Waals surface area contributed by atoms with Gasteiger partial charge in [-0.2, -0.15) is 23.5 Å². The quantitative estimate of drug-likeness (QED) is 0.790. The second-order valence-corrected chi connectivity index (χ2v) is 7.28. The fourth-order valence-electron chi connectivity index (χ4n) is 2.18. The molecule has 0 aromatic carbocycles. The summed E-state index contributed by atoms with van der Waals surface area (Å²) >= 11 is 3.14. The number of carbonyl (C=O) groups excluding carboxylic acids is 2. The van der Waals surface area contributed by atoms with Gasteiger partial charge in [-0.3, -0.25) is 9.59 Å². The van der Waals surface area contributed by atoms with Gasteiger partial charge in [0.05, 0.1) is 10.5 Å². The van der Waals surface area contributed by atoms with E-state index in [1.807, 2.05) is 43.1 Å². The molecule has 0 bridgehead atoms. The van der Waals surface area contributed by atoms with Gasteiger partial charge in [0.2, 0.25) is 11.8 Å². The third-order valence-corrected chi connectivity index (χ3v) is 5.44. The third kappa shape index (κ3) is 4.05. The van der Waals surface area contributed by atoms with Crippen molar-refractivity contribution in [3.63, 3.8) is 0 Å². The highest BCUT2D eigenvalue weighted by molar-refractivity contribution is 8.00. The van der Waals surface area contributed by atoms with E-state index < -0.39 is 0 Å². The number of hydrogen-bond donors (Lipinski definition) is 0. The molecule has 1 rings (SSSR count). The van der Waals surface area contributed by atoms with E-state index in [-0.39, 0.29) is 28.4 Å². The van der Waals surface area contributed by atoms with Crippen LogP contribution in [0.5, 0.6) is 0 Å². The van der Waals surface area contributed by atoms with Gasteiger partial charge in [0.1, 0.15) is 0 Å². The molecule has 110 valence electrons. The van der Waals surface area contributed by atoms with Crippen LogP contribution in [-0.4, -0.2) is 70.3 Å². The van der Waals surface area contributed by atoms with Crippen LogP contribution in [0, 0.1) is 0 Å². The zero-order valence-electron chi connectivity index (χ0n) is 12.4. The zero-order valence-corrected chi connectivity index (χ0v) is 14.0. The highest BCUT2D eigenvalue weighted by Gasteiger charge is 2.32. The lowest BCUT2D eigenvalue weighted by atomic mass is 10.1. The van der Waals surface area contributed by atoms with Crippen LogP contribution in [-0.2, 0) is 9.59 Å². The minimum atomic E-state index is -0.00479. The summed E-state index contributed by atoms with van der Waals surface area (Å²) in [7, 11) is 0. The van der Waals surface area contributed by atoms with Crippen molar-refractivity contribution in [2.75, 3.05) is 32.1 Å². The molecule has 0 aromatic rings. The first-order valence-electron chi connectivity index (χ1n) is 6.57. The predicted octanol–water partition coefficient (Wildman–Crippen LogP) is 1.55. The van der Waals surface area contributed by atoms with Gasteiger partial charge in [-0.05, 0) is 33.3 Å². The molecular weight excluding hydrogens is 280 g/mol. The summed E-state index contributed by atoms with van der Waals surface area (Å²) in [6.07, 6.45) is 3.90. The Balaban J connectivity index is 2.61. The smallest absolute Gasteiger partial charge is 0.235 e. The summed E-state index contributed by atoms with van der Waals surface area (Å²) in [6.45, 7) is 7.85. The highest BCUT2D eigenvalue weighted by Crippen LogP contribution is 2.18. The molecule has 3 atom stereocenters. The van der Waals surface area contributed by atoms with Crippen molar-refractivity contribution in [2.45, 2.75) is 37.3 Å². The van der Waals surface area contributed by atoms with Crippen molar-refractivity contribution in [1.29, 1.82) is 0 Å². The fraction of sp³-hybridized carbons (Fsp3) is 0.846. The van der Waals surface area contributed by atoms with E-state index in [1.54, 1.807) is 23.5 Å². The largest absolute Gasteiger partial charge is 0.338 e. The summed E-state index contributed by atoms with van der Waals surface area (Å²) in [5.41, 5.74) is 0. The number of carbonyl (C=O) groups is 2. The molecule has 1 heterocycles. The maximum Gasteiger partial charge on any atom is 0.235 e. The van der Waals surface area contributed by atoms with E-state index in [9.17, 15) is 9.59 Å². The van der Waals surface area contributed by atoms with E-state index in [4.69, 9.17) is 0 Å². The first-order valence-corrected chi connectivity index (χ1v) is 9.14. The maximum atomic E-state index is 12.2. The normalized spacial score (nSPS) is 23.1.